The number of halogens is 1. The molecule has 1 saturated carbocycles. The molecule has 0 N–H and O–H groups in total. The van der Waals surface area contributed by atoms with Crippen LogP contribution in [0.2, 0.25) is 0 Å². The summed E-state index contributed by atoms with van der Waals surface area (Å²) < 4.78 is 1.03. The van der Waals surface area contributed by atoms with Crippen molar-refractivity contribution in [3.8, 4) is 0 Å². The molecule has 0 unspecified atom stereocenters. The molecule has 3 nitrogen and oxygen atoms in total. The van der Waals surface area contributed by atoms with E-state index in [-0.39, 0.29) is 11.3 Å². The fraction of sp³-hybridized carbons (Fsp3) is 0.462. The molecule has 1 aliphatic carbocycles. The zero-order chi connectivity index (χ0) is 12.5. The van der Waals surface area contributed by atoms with Crippen molar-refractivity contribution in [3.05, 3.63) is 34.3 Å². The minimum Gasteiger partial charge on any atom is -0.275 e. The molecule has 0 heterocycles. The Labute approximate surface area is 110 Å². The van der Waals surface area contributed by atoms with E-state index in [9.17, 15) is 4.79 Å². The summed E-state index contributed by atoms with van der Waals surface area (Å²) in [4.78, 5) is 17.4. The van der Waals surface area contributed by atoms with Gasteiger partial charge in [-0.3, -0.25) is 9.63 Å². The van der Waals surface area contributed by atoms with Gasteiger partial charge in [0.25, 0.3) is 5.91 Å². The van der Waals surface area contributed by atoms with Gasteiger partial charge in [-0.1, -0.05) is 34.5 Å². The Morgan fingerprint density at radius 2 is 1.94 bits per heavy atom. The molecule has 1 aromatic carbocycles. The second-order valence-corrected chi connectivity index (χ2v) is 5.34. The lowest BCUT2D eigenvalue weighted by Crippen LogP contribution is -2.49. The van der Waals surface area contributed by atoms with Gasteiger partial charge in [-0.25, -0.2) is 5.06 Å². The van der Waals surface area contributed by atoms with E-state index in [0.717, 1.165) is 29.3 Å². The summed E-state index contributed by atoms with van der Waals surface area (Å²) in [5.74, 6) is 0.0496. The molecule has 0 spiro atoms. The first-order valence-corrected chi connectivity index (χ1v) is 6.48. The summed E-state index contributed by atoms with van der Waals surface area (Å²) in [6, 6.07) is 8.00. The third-order valence-corrected chi connectivity index (χ3v) is 4.10. The molecular weight excluding hydrogens is 282 g/mol. The highest BCUT2D eigenvalue weighted by molar-refractivity contribution is 9.10. The second-order valence-electron chi connectivity index (χ2n) is 4.43. The maximum atomic E-state index is 12.4. The van der Waals surface area contributed by atoms with Gasteiger partial charge in [0, 0.05) is 11.5 Å². The zero-order valence-corrected chi connectivity index (χ0v) is 11.7. The first-order valence-electron chi connectivity index (χ1n) is 5.68. The molecule has 4 heteroatoms. The largest absolute Gasteiger partial charge is 0.275 e. The molecule has 0 radical (unpaired) electrons. The van der Waals surface area contributed by atoms with E-state index in [1.807, 2.05) is 24.3 Å². The topological polar surface area (TPSA) is 29.5 Å². The second kappa shape index (κ2) is 4.78. The summed E-state index contributed by atoms with van der Waals surface area (Å²) in [6.07, 6.45) is 2.90. The molecule has 0 saturated heterocycles. The van der Waals surface area contributed by atoms with Crippen molar-refractivity contribution >= 4 is 21.8 Å². The normalized spacial score (nSPS) is 17.4. The summed E-state index contributed by atoms with van der Waals surface area (Å²) in [7, 11) is 3.19. The highest BCUT2D eigenvalue weighted by Crippen LogP contribution is 2.45. The van der Waals surface area contributed by atoms with Crippen molar-refractivity contribution in [2.75, 3.05) is 14.2 Å². The fourth-order valence-corrected chi connectivity index (χ4v) is 2.57. The first kappa shape index (κ1) is 12.6. The SMILES string of the molecule is CON(C)C(=O)C1(c2ccc(Br)cc2)CCC1. The van der Waals surface area contributed by atoms with Crippen molar-refractivity contribution in [1.82, 2.24) is 5.06 Å². The molecule has 0 atom stereocenters. The molecule has 0 aliphatic heterocycles. The number of amides is 1. The first-order chi connectivity index (χ1) is 8.10. The maximum absolute atomic E-state index is 12.4. The van der Waals surface area contributed by atoms with Crippen molar-refractivity contribution < 1.29 is 9.63 Å². The number of nitrogens with zero attached hydrogens (tertiary/aromatic N) is 1. The number of carbonyl (C=O) groups excluding carboxylic acids is 1. The lowest BCUT2D eigenvalue weighted by atomic mass is 9.64. The molecule has 1 aliphatic rings. The minimum atomic E-state index is -0.370. The van der Waals surface area contributed by atoms with Gasteiger partial charge < -0.3 is 0 Å². The standard InChI is InChI=1S/C13H16BrNO2/c1-15(17-2)12(16)13(8-3-9-13)10-4-6-11(14)7-5-10/h4-7H,3,8-9H2,1-2H3. The number of benzene rings is 1. The third-order valence-electron chi connectivity index (χ3n) is 3.57. The smallest absolute Gasteiger partial charge is 0.256 e. The van der Waals surface area contributed by atoms with Gasteiger partial charge in [0.1, 0.15) is 0 Å². The third kappa shape index (κ3) is 2.11. The van der Waals surface area contributed by atoms with Crippen molar-refractivity contribution in [3.63, 3.8) is 0 Å². The van der Waals surface area contributed by atoms with Gasteiger partial charge in [0.2, 0.25) is 0 Å². The quantitative estimate of drug-likeness (QED) is 0.803. The number of likely N-dealkylation sites (N-methyl/N-ethyl adjacent to an activating group) is 1. The van der Waals surface area contributed by atoms with E-state index in [2.05, 4.69) is 15.9 Å². The Hall–Kier alpha value is -0.870. The van der Waals surface area contributed by atoms with Crippen LogP contribution in [0.3, 0.4) is 0 Å². The Morgan fingerprint density at radius 3 is 2.35 bits per heavy atom. The minimum absolute atomic E-state index is 0.0496. The van der Waals surface area contributed by atoms with E-state index < -0.39 is 0 Å². The molecule has 0 bridgehead atoms. The zero-order valence-electron chi connectivity index (χ0n) is 10.1. The predicted molar refractivity (Wildman–Crippen MR) is 69.5 cm³/mol. The average molecular weight is 298 g/mol. The monoisotopic (exact) mass is 297 g/mol. The number of hydroxylamine groups is 2. The van der Waals surface area contributed by atoms with Crippen molar-refractivity contribution in [2.45, 2.75) is 24.7 Å². The van der Waals surface area contributed by atoms with Gasteiger partial charge >= 0.3 is 0 Å². The van der Waals surface area contributed by atoms with E-state index in [1.165, 1.54) is 12.2 Å². The van der Waals surface area contributed by atoms with Gasteiger partial charge in [0.05, 0.1) is 12.5 Å². The molecule has 1 amide bonds. The predicted octanol–water partition coefficient (Wildman–Crippen LogP) is 2.89. The van der Waals surface area contributed by atoms with Gasteiger partial charge in [-0.05, 0) is 30.5 Å². The lowest BCUT2D eigenvalue weighted by Gasteiger charge is -2.42. The summed E-state index contributed by atoms with van der Waals surface area (Å²) in [6.45, 7) is 0. The van der Waals surface area contributed by atoms with E-state index in [4.69, 9.17) is 4.84 Å². The molecule has 2 rings (SSSR count). The van der Waals surface area contributed by atoms with E-state index in [0.29, 0.717) is 0 Å². The fourth-order valence-electron chi connectivity index (χ4n) is 2.31. The lowest BCUT2D eigenvalue weighted by molar-refractivity contribution is -0.179. The molecule has 92 valence electrons. The maximum Gasteiger partial charge on any atom is 0.256 e. The van der Waals surface area contributed by atoms with Crippen LogP contribution in [0.5, 0.6) is 0 Å². The van der Waals surface area contributed by atoms with Gasteiger partial charge in [-0.15, -0.1) is 0 Å². The molecular formula is C13H16BrNO2. The number of rotatable bonds is 3. The highest BCUT2D eigenvalue weighted by Gasteiger charge is 2.47. The van der Waals surface area contributed by atoms with Crippen LogP contribution in [0.4, 0.5) is 0 Å². The van der Waals surface area contributed by atoms with Crippen LogP contribution in [0.15, 0.2) is 28.7 Å². The van der Waals surface area contributed by atoms with Crippen molar-refractivity contribution in [2.24, 2.45) is 0 Å². The van der Waals surface area contributed by atoms with Gasteiger partial charge in [0.15, 0.2) is 0 Å². The molecule has 1 aromatic rings. The Bertz CT molecular complexity index is 412. The van der Waals surface area contributed by atoms with Gasteiger partial charge in [-0.2, -0.15) is 0 Å². The average Bonchev–Trinajstić information content (AvgIpc) is 2.29. The number of hydrogen-bond acceptors (Lipinski definition) is 2. The van der Waals surface area contributed by atoms with Crippen LogP contribution in [0.1, 0.15) is 24.8 Å². The number of carbonyl (C=O) groups is 1. The van der Waals surface area contributed by atoms with Crippen LogP contribution < -0.4 is 0 Å². The van der Waals surface area contributed by atoms with Crippen LogP contribution in [0.25, 0.3) is 0 Å². The van der Waals surface area contributed by atoms with Crippen LogP contribution in [-0.4, -0.2) is 25.1 Å². The van der Waals surface area contributed by atoms with Crippen LogP contribution in [0, 0.1) is 0 Å². The van der Waals surface area contributed by atoms with E-state index in [1.54, 1.807) is 7.05 Å². The summed E-state index contributed by atoms with van der Waals surface area (Å²) in [5, 5.41) is 1.33. The van der Waals surface area contributed by atoms with Crippen molar-refractivity contribution in [1.29, 1.82) is 0 Å². The van der Waals surface area contributed by atoms with E-state index >= 15 is 0 Å². The van der Waals surface area contributed by atoms with Crippen LogP contribution in [-0.2, 0) is 15.0 Å². The highest BCUT2D eigenvalue weighted by atomic mass is 79.9. The Morgan fingerprint density at radius 1 is 1.35 bits per heavy atom. The van der Waals surface area contributed by atoms with Crippen LogP contribution >= 0.6 is 15.9 Å². The Balaban J connectivity index is 2.31. The number of hydrogen-bond donors (Lipinski definition) is 0. The molecule has 17 heavy (non-hydrogen) atoms. The molecule has 0 aromatic heterocycles. The Kier molecular flexibility index (Phi) is 3.54. The molecule has 1 fully saturated rings. The summed E-state index contributed by atoms with van der Waals surface area (Å²) >= 11 is 3.41. The summed E-state index contributed by atoms with van der Waals surface area (Å²) in [5.41, 5.74) is 0.715.